The number of para-hydroxylation sites is 3. The van der Waals surface area contributed by atoms with Gasteiger partial charge in [0.2, 0.25) is 0 Å². The number of benzene rings is 10. The van der Waals surface area contributed by atoms with Crippen LogP contribution >= 0.6 is 0 Å². The number of hydrogen-bond donors (Lipinski definition) is 0. The Morgan fingerprint density at radius 1 is 0.246 bits per heavy atom. The zero-order chi connectivity index (χ0) is 43.2. The summed E-state index contributed by atoms with van der Waals surface area (Å²) in [7, 11) is 0. The molecule has 0 aliphatic heterocycles. The highest BCUT2D eigenvalue weighted by atomic mass is 15.0. The summed E-state index contributed by atoms with van der Waals surface area (Å²) < 4.78 is 7.27. The maximum Gasteiger partial charge on any atom is 0.0541 e. The second-order valence-electron chi connectivity index (χ2n) is 17.5. The summed E-state index contributed by atoms with van der Waals surface area (Å²) in [5.74, 6) is 0. The van der Waals surface area contributed by atoms with Crippen molar-refractivity contribution in [1.29, 1.82) is 0 Å². The maximum atomic E-state index is 2.46. The van der Waals surface area contributed by atoms with Crippen LogP contribution in [0.3, 0.4) is 0 Å². The van der Waals surface area contributed by atoms with E-state index >= 15 is 0 Å². The van der Waals surface area contributed by atoms with Crippen molar-refractivity contribution < 1.29 is 0 Å². The summed E-state index contributed by atoms with van der Waals surface area (Å²) >= 11 is 0. The first-order valence-corrected chi connectivity index (χ1v) is 22.5. The van der Waals surface area contributed by atoms with Gasteiger partial charge in [0.15, 0.2) is 0 Å². The normalized spacial score (nSPS) is 11.8. The molecule has 0 unspecified atom stereocenters. The van der Waals surface area contributed by atoms with E-state index in [1.54, 1.807) is 0 Å². The molecule has 0 saturated carbocycles. The fourth-order valence-electron chi connectivity index (χ4n) is 10.5. The van der Waals surface area contributed by atoms with Gasteiger partial charge in [-0.2, -0.15) is 0 Å². The Bertz CT molecular complexity index is 3930. The molecule has 0 aliphatic carbocycles. The third-order valence-corrected chi connectivity index (χ3v) is 13.6. The second-order valence-corrected chi connectivity index (χ2v) is 17.5. The van der Waals surface area contributed by atoms with Gasteiger partial charge in [0.25, 0.3) is 0 Å². The molecule has 0 radical (unpaired) electrons. The summed E-state index contributed by atoms with van der Waals surface area (Å²) in [6, 6.07) is 82.7. The number of aromatic nitrogens is 3. The van der Waals surface area contributed by atoms with Crippen molar-refractivity contribution in [2.45, 2.75) is 13.8 Å². The number of fused-ring (bicyclic) bond motifs is 9. The lowest BCUT2D eigenvalue weighted by Gasteiger charge is -2.15. The lowest BCUT2D eigenvalue weighted by molar-refractivity contribution is 1.18. The molecule has 3 heterocycles. The molecule has 0 fully saturated rings. The molecular weight excluding hydrogens is 787 g/mol. The molecule has 0 spiro atoms. The highest BCUT2D eigenvalue weighted by Crippen LogP contribution is 2.41. The minimum atomic E-state index is 1.15. The Kier molecular flexibility index (Phi) is 8.34. The fraction of sp³-hybridized carbons (Fsp3) is 0.0323. The van der Waals surface area contributed by atoms with E-state index in [4.69, 9.17) is 0 Å². The van der Waals surface area contributed by atoms with E-state index in [1.165, 1.54) is 110 Å². The highest BCUT2D eigenvalue weighted by Gasteiger charge is 2.19. The average Bonchev–Trinajstić information content (AvgIpc) is 3.99. The summed E-state index contributed by atoms with van der Waals surface area (Å²) in [4.78, 5) is 0. The first kappa shape index (κ1) is 37.2. The molecule has 0 amide bonds. The smallest absolute Gasteiger partial charge is 0.0541 e. The summed E-state index contributed by atoms with van der Waals surface area (Å²) in [6.45, 7) is 4.35. The van der Waals surface area contributed by atoms with Gasteiger partial charge in [-0.3, -0.25) is 0 Å². The van der Waals surface area contributed by atoms with E-state index in [9.17, 15) is 0 Å². The van der Waals surface area contributed by atoms with Crippen LogP contribution < -0.4 is 0 Å². The van der Waals surface area contributed by atoms with Crippen LogP contribution in [0.25, 0.3) is 116 Å². The molecule has 3 heteroatoms. The molecule has 13 rings (SSSR count). The van der Waals surface area contributed by atoms with Crippen LogP contribution in [0.2, 0.25) is 0 Å². The summed E-state index contributed by atoms with van der Waals surface area (Å²) in [5.41, 5.74) is 20.5. The first-order valence-electron chi connectivity index (χ1n) is 22.5. The van der Waals surface area contributed by atoms with Crippen LogP contribution in [0.1, 0.15) is 11.1 Å². The van der Waals surface area contributed by atoms with Gasteiger partial charge < -0.3 is 13.7 Å². The minimum absolute atomic E-state index is 1.15. The van der Waals surface area contributed by atoms with Crippen molar-refractivity contribution in [3.8, 4) is 50.4 Å². The second kappa shape index (κ2) is 14.6. The molecule has 0 saturated heterocycles. The molecule has 13 aromatic rings. The van der Waals surface area contributed by atoms with Crippen molar-refractivity contribution >= 4 is 65.4 Å². The van der Waals surface area contributed by atoms with Crippen molar-refractivity contribution in [2.75, 3.05) is 0 Å². The molecule has 306 valence electrons. The van der Waals surface area contributed by atoms with Crippen molar-refractivity contribution in [3.05, 3.63) is 236 Å². The van der Waals surface area contributed by atoms with Gasteiger partial charge in [0, 0.05) is 49.3 Å². The Hall–Kier alpha value is -8.40. The number of nitrogens with zero attached hydrogens (tertiary/aromatic N) is 3. The van der Waals surface area contributed by atoms with Crippen LogP contribution in [0.5, 0.6) is 0 Å². The quantitative estimate of drug-likeness (QED) is 0.159. The molecule has 3 aromatic heterocycles. The van der Waals surface area contributed by atoms with Gasteiger partial charge in [0.05, 0.1) is 38.8 Å². The Labute approximate surface area is 377 Å². The monoisotopic (exact) mass is 829 g/mol. The zero-order valence-electron chi connectivity index (χ0n) is 36.2. The SMILES string of the molecule is Cc1ccc2c(c1)c1cc(C)ccc1n2-c1ccc(-c2ccc3c(c2)c2ccccc2n3-c2ccccc2-c2ccc3c(c2)c2ccccc2n3-c2ccc(-c3ccccc3)cc2)cc1. The predicted molar refractivity (Wildman–Crippen MR) is 275 cm³/mol. The van der Waals surface area contributed by atoms with Crippen LogP contribution in [-0.4, -0.2) is 13.7 Å². The average molecular weight is 830 g/mol. The minimum Gasteiger partial charge on any atom is -0.309 e. The van der Waals surface area contributed by atoms with E-state index in [0.717, 1.165) is 17.1 Å². The zero-order valence-corrected chi connectivity index (χ0v) is 36.2. The first-order chi connectivity index (χ1) is 32.1. The number of aryl methyl sites for hydroxylation is 2. The predicted octanol–water partition coefficient (Wildman–Crippen LogP) is 16.6. The molecular formula is C62H43N3. The van der Waals surface area contributed by atoms with Crippen LogP contribution in [0.15, 0.2) is 224 Å². The molecule has 0 aliphatic rings. The molecule has 0 atom stereocenters. The topological polar surface area (TPSA) is 14.8 Å². The van der Waals surface area contributed by atoms with Gasteiger partial charge in [-0.1, -0.05) is 145 Å². The third kappa shape index (κ3) is 5.90. The van der Waals surface area contributed by atoms with E-state index < -0.39 is 0 Å². The van der Waals surface area contributed by atoms with E-state index in [1.807, 2.05) is 0 Å². The van der Waals surface area contributed by atoms with Gasteiger partial charge in [-0.05, 0) is 133 Å². The van der Waals surface area contributed by atoms with E-state index in [2.05, 4.69) is 252 Å². The third-order valence-electron chi connectivity index (χ3n) is 13.6. The largest absolute Gasteiger partial charge is 0.309 e. The van der Waals surface area contributed by atoms with Crippen LogP contribution in [0.4, 0.5) is 0 Å². The standard InChI is InChI=1S/C62H43N3/c1-40-20-32-59-52(36-40)53-37-41(2)21-33-60(53)64(59)48-30-24-44(25-31-48)45-26-34-62-54(38-45)51-16-8-11-19-58(51)65(62)56-17-9-6-14-49(56)46-27-35-61-55(39-46)50-15-7-10-18-57(50)63(61)47-28-22-43(23-29-47)42-12-4-3-5-13-42/h3-39H,1-2H3. The Morgan fingerprint density at radius 2 is 0.631 bits per heavy atom. The number of hydrogen-bond acceptors (Lipinski definition) is 0. The van der Waals surface area contributed by atoms with Gasteiger partial charge in [-0.15, -0.1) is 0 Å². The molecule has 0 bridgehead atoms. The maximum absolute atomic E-state index is 2.46. The van der Waals surface area contributed by atoms with Crippen molar-refractivity contribution in [3.63, 3.8) is 0 Å². The van der Waals surface area contributed by atoms with Crippen molar-refractivity contribution in [1.82, 2.24) is 13.7 Å². The Morgan fingerprint density at radius 3 is 1.23 bits per heavy atom. The Balaban J connectivity index is 0.905. The molecule has 10 aromatic carbocycles. The fourth-order valence-corrected chi connectivity index (χ4v) is 10.5. The van der Waals surface area contributed by atoms with Crippen molar-refractivity contribution in [2.24, 2.45) is 0 Å². The van der Waals surface area contributed by atoms with E-state index in [0.29, 0.717) is 0 Å². The van der Waals surface area contributed by atoms with Crippen LogP contribution in [0, 0.1) is 13.8 Å². The number of rotatable bonds is 6. The van der Waals surface area contributed by atoms with Crippen LogP contribution in [-0.2, 0) is 0 Å². The van der Waals surface area contributed by atoms with E-state index in [-0.39, 0.29) is 0 Å². The summed E-state index contributed by atoms with van der Waals surface area (Å²) in [6.07, 6.45) is 0. The lowest BCUT2D eigenvalue weighted by Crippen LogP contribution is -1.97. The lowest BCUT2D eigenvalue weighted by atomic mass is 10.0. The summed E-state index contributed by atoms with van der Waals surface area (Å²) in [5, 5.41) is 7.55. The molecule has 0 N–H and O–H groups in total. The van der Waals surface area contributed by atoms with Gasteiger partial charge >= 0.3 is 0 Å². The molecule has 3 nitrogen and oxygen atoms in total. The van der Waals surface area contributed by atoms with Gasteiger partial charge in [-0.25, -0.2) is 0 Å². The highest BCUT2D eigenvalue weighted by molar-refractivity contribution is 6.13. The van der Waals surface area contributed by atoms with Gasteiger partial charge in [0.1, 0.15) is 0 Å². The molecule has 65 heavy (non-hydrogen) atoms.